The van der Waals surface area contributed by atoms with Gasteiger partial charge in [0.05, 0.1) is 23.5 Å². The molecule has 2 aliphatic heterocycles. The molecule has 1 atom stereocenters. The van der Waals surface area contributed by atoms with Crippen molar-refractivity contribution in [3.63, 3.8) is 0 Å². The molecule has 4 nitrogen and oxygen atoms in total. The van der Waals surface area contributed by atoms with Crippen LogP contribution < -0.4 is 0 Å². The molecule has 0 saturated heterocycles. The molecule has 1 aromatic carbocycles. The smallest absolute Gasteiger partial charge is 0.178 e. The van der Waals surface area contributed by atoms with Crippen LogP contribution in [0, 0.1) is 0 Å². The van der Waals surface area contributed by atoms with Gasteiger partial charge in [0.1, 0.15) is 5.60 Å². The number of hydrogen-bond donors (Lipinski definition) is 1. The van der Waals surface area contributed by atoms with Gasteiger partial charge in [-0.3, -0.25) is 0 Å². The highest BCUT2D eigenvalue weighted by molar-refractivity contribution is 7.91. The number of sulfone groups is 1. The van der Waals surface area contributed by atoms with Crippen LogP contribution in [0.1, 0.15) is 24.8 Å². The molecule has 0 saturated carbocycles. The van der Waals surface area contributed by atoms with Gasteiger partial charge in [0.15, 0.2) is 9.84 Å². The van der Waals surface area contributed by atoms with Gasteiger partial charge < -0.3 is 9.84 Å². The van der Waals surface area contributed by atoms with Crippen LogP contribution in [0.3, 0.4) is 0 Å². The molecule has 1 unspecified atom stereocenters. The number of benzene rings is 1. The average molecular weight is 280 g/mol. The monoisotopic (exact) mass is 280 g/mol. The van der Waals surface area contributed by atoms with Crippen LogP contribution in [0.25, 0.3) is 0 Å². The van der Waals surface area contributed by atoms with Crippen molar-refractivity contribution in [3.05, 3.63) is 41.7 Å². The van der Waals surface area contributed by atoms with E-state index in [1.165, 1.54) is 0 Å². The Morgan fingerprint density at radius 1 is 1.26 bits per heavy atom. The second-order valence-corrected chi connectivity index (χ2v) is 7.12. The van der Waals surface area contributed by atoms with Gasteiger partial charge in [-0.1, -0.05) is 18.2 Å². The van der Waals surface area contributed by atoms with Gasteiger partial charge in [-0.2, -0.15) is 0 Å². The summed E-state index contributed by atoms with van der Waals surface area (Å²) in [5, 5.41) is 11.0. The predicted octanol–water partition coefficient (Wildman–Crippen LogP) is 1.75. The molecule has 0 amide bonds. The minimum atomic E-state index is -3.28. The second kappa shape index (κ2) is 4.35. The number of aliphatic hydroxyl groups is 1. The second-order valence-electron chi connectivity index (χ2n) is 5.04. The number of hydrogen-bond acceptors (Lipinski definition) is 4. The molecule has 2 aliphatic rings. The van der Waals surface area contributed by atoms with Gasteiger partial charge in [-0.05, 0) is 25.3 Å². The molecule has 0 aliphatic carbocycles. The Hall–Kier alpha value is -1.33. The highest BCUT2D eigenvalue weighted by atomic mass is 32.2. The highest BCUT2D eigenvalue weighted by Crippen LogP contribution is 2.43. The first-order chi connectivity index (χ1) is 9.04. The molecular weight excluding hydrogens is 264 g/mol. The summed E-state index contributed by atoms with van der Waals surface area (Å²) in [5.41, 5.74) is 0.0570. The Labute approximate surface area is 112 Å². The fraction of sp³-hybridized carbons (Fsp3) is 0.429. The van der Waals surface area contributed by atoms with Crippen LogP contribution in [-0.4, -0.2) is 25.9 Å². The molecule has 2 heterocycles. The first-order valence-corrected chi connectivity index (χ1v) is 8.05. The van der Waals surface area contributed by atoms with E-state index in [1.807, 2.05) is 0 Å². The van der Waals surface area contributed by atoms with Crippen LogP contribution in [0.4, 0.5) is 0 Å². The van der Waals surface area contributed by atoms with E-state index >= 15 is 0 Å². The molecule has 5 heteroatoms. The summed E-state index contributed by atoms with van der Waals surface area (Å²) in [5.74, 6) is -0.0299. The molecule has 0 fully saturated rings. The molecular formula is C14H16O4S. The van der Waals surface area contributed by atoms with Crippen LogP contribution >= 0.6 is 0 Å². The molecule has 1 aromatic rings. The van der Waals surface area contributed by atoms with E-state index in [2.05, 4.69) is 0 Å². The topological polar surface area (TPSA) is 63.6 Å². The lowest BCUT2D eigenvalue weighted by Gasteiger charge is -2.37. The number of ether oxygens (including phenoxy) is 1. The fourth-order valence-corrected chi connectivity index (χ4v) is 4.45. The highest BCUT2D eigenvalue weighted by Gasteiger charge is 2.43. The zero-order chi connectivity index (χ0) is 13.5. The van der Waals surface area contributed by atoms with Crippen molar-refractivity contribution in [2.75, 3.05) is 12.4 Å². The minimum Gasteiger partial charge on any atom is -0.501 e. The lowest BCUT2D eigenvalue weighted by molar-refractivity contribution is 0.0516. The van der Waals surface area contributed by atoms with Crippen molar-refractivity contribution in [1.29, 1.82) is 0 Å². The average Bonchev–Trinajstić information content (AvgIpc) is 2.45. The fourth-order valence-electron chi connectivity index (χ4n) is 2.81. The Morgan fingerprint density at radius 2 is 2.05 bits per heavy atom. The van der Waals surface area contributed by atoms with E-state index in [9.17, 15) is 13.5 Å². The lowest BCUT2D eigenvalue weighted by Crippen LogP contribution is -2.37. The van der Waals surface area contributed by atoms with Crippen LogP contribution in [0.2, 0.25) is 0 Å². The molecule has 0 spiro atoms. The Kier molecular flexibility index (Phi) is 2.91. The van der Waals surface area contributed by atoms with E-state index in [1.54, 1.807) is 30.5 Å². The summed E-state index contributed by atoms with van der Waals surface area (Å²) < 4.78 is 29.5. The molecule has 19 heavy (non-hydrogen) atoms. The van der Waals surface area contributed by atoms with Crippen LogP contribution in [0.5, 0.6) is 0 Å². The number of fused-ring (bicyclic) bond motifs is 1. The molecule has 0 aromatic heterocycles. The van der Waals surface area contributed by atoms with Crippen molar-refractivity contribution >= 4 is 9.84 Å². The zero-order valence-corrected chi connectivity index (χ0v) is 11.3. The maximum atomic E-state index is 12.1. The Balaban J connectivity index is 2.17. The Morgan fingerprint density at radius 3 is 2.79 bits per heavy atom. The van der Waals surface area contributed by atoms with E-state index in [4.69, 9.17) is 4.74 Å². The SMILES string of the molecule is O=S1(=O)CCC(O)(C2=COCCC2)c2ccccc21. The molecule has 0 bridgehead atoms. The molecule has 1 N–H and O–H groups in total. The van der Waals surface area contributed by atoms with Crippen molar-refractivity contribution in [2.45, 2.75) is 29.8 Å². The summed E-state index contributed by atoms with van der Waals surface area (Å²) in [4.78, 5) is 0.246. The maximum Gasteiger partial charge on any atom is 0.178 e. The quantitative estimate of drug-likeness (QED) is 0.851. The first-order valence-electron chi connectivity index (χ1n) is 6.40. The maximum absolute atomic E-state index is 12.1. The third kappa shape index (κ3) is 1.97. The van der Waals surface area contributed by atoms with Gasteiger partial charge in [0.2, 0.25) is 0 Å². The lowest BCUT2D eigenvalue weighted by atomic mass is 9.81. The van der Waals surface area contributed by atoms with Gasteiger partial charge >= 0.3 is 0 Å². The molecule has 3 rings (SSSR count). The van der Waals surface area contributed by atoms with E-state index in [0.29, 0.717) is 12.2 Å². The molecule has 0 radical (unpaired) electrons. The minimum absolute atomic E-state index is 0.0299. The predicted molar refractivity (Wildman–Crippen MR) is 70.3 cm³/mol. The third-order valence-corrected chi connectivity index (χ3v) is 5.63. The summed E-state index contributed by atoms with van der Waals surface area (Å²) >= 11 is 0. The largest absolute Gasteiger partial charge is 0.501 e. The summed E-state index contributed by atoms with van der Waals surface area (Å²) in [6.07, 6.45) is 3.38. The third-order valence-electron chi connectivity index (χ3n) is 3.87. The zero-order valence-electron chi connectivity index (χ0n) is 10.5. The van der Waals surface area contributed by atoms with E-state index in [-0.39, 0.29) is 17.1 Å². The summed E-state index contributed by atoms with van der Waals surface area (Å²) in [7, 11) is -3.28. The first kappa shape index (κ1) is 12.7. The summed E-state index contributed by atoms with van der Waals surface area (Å²) in [6, 6.07) is 6.71. The van der Waals surface area contributed by atoms with Crippen molar-refractivity contribution in [2.24, 2.45) is 0 Å². The Bertz CT molecular complexity index is 633. The van der Waals surface area contributed by atoms with Crippen molar-refractivity contribution in [3.8, 4) is 0 Å². The van der Waals surface area contributed by atoms with Crippen molar-refractivity contribution in [1.82, 2.24) is 0 Å². The van der Waals surface area contributed by atoms with Gasteiger partial charge in [-0.25, -0.2) is 8.42 Å². The van der Waals surface area contributed by atoms with E-state index < -0.39 is 15.4 Å². The standard InChI is InChI=1S/C14H16O4S/c15-14(11-4-3-8-18-10-11)7-9-19(16,17)13-6-2-1-5-12(13)14/h1-2,5-6,10,15H,3-4,7-9H2. The van der Waals surface area contributed by atoms with Gasteiger partial charge in [-0.15, -0.1) is 0 Å². The van der Waals surface area contributed by atoms with Crippen LogP contribution in [0.15, 0.2) is 41.0 Å². The summed E-state index contributed by atoms with van der Waals surface area (Å²) in [6.45, 7) is 0.652. The van der Waals surface area contributed by atoms with Gasteiger partial charge in [0, 0.05) is 11.1 Å². The van der Waals surface area contributed by atoms with Crippen molar-refractivity contribution < 1.29 is 18.3 Å². The van der Waals surface area contributed by atoms with Crippen LogP contribution in [-0.2, 0) is 20.2 Å². The van der Waals surface area contributed by atoms with Gasteiger partial charge in [0.25, 0.3) is 0 Å². The normalized spacial score (nSPS) is 29.0. The van der Waals surface area contributed by atoms with E-state index in [0.717, 1.165) is 18.4 Å². The molecule has 102 valence electrons. The number of rotatable bonds is 1.